The highest BCUT2D eigenvalue weighted by molar-refractivity contribution is 7.09. The van der Waals surface area contributed by atoms with Gasteiger partial charge in [0, 0.05) is 11.9 Å². The molecule has 1 aliphatic heterocycles. The SMILES string of the molecule is Cc1nc([C@H]2COCCN2C(=O)c2ccoc2)cs1. The van der Waals surface area contributed by atoms with Gasteiger partial charge in [-0.3, -0.25) is 4.79 Å². The van der Waals surface area contributed by atoms with E-state index < -0.39 is 0 Å². The highest BCUT2D eigenvalue weighted by Crippen LogP contribution is 2.27. The van der Waals surface area contributed by atoms with Crippen LogP contribution < -0.4 is 0 Å². The van der Waals surface area contributed by atoms with Crippen LogP contribution in [0.3, 0.4) is 0 Å². The van der Waals surface area contributed by atoms with Crippen LogP contribution in [0.5, 0.6) is 0 Å². The molecule has 0 unspecified atom stereocenters. The van der Waals surface area contributed by atoms with Gasteiger partial charge in [0.1, 0.15) is 6.26 Å². The molecule has 5 nitrogen and oxygen atoms in total. The van der Waals surface area contributed by atoms with Gasteiger partial charge in [0.2, 0.25) is 0 Å². The highest BCUT2D eigenvalue weighted by atomic mass is 32.1. The van der Waals surface area contributed by atoms with Gasteiger partial charge in [-0.25, -0.2) is 4.98 Å². The van der Waals surface area contributed by atoms with Crippen molar-refractivity contribution in [1.82, 2.24) is 9.88 Å². The van der Waals surface area contributed by atoms with Gasteiger partial charge in [-0.1, -0.05) is 0 Å². The van der Waals surface area contributed by atoms with Crippen molar-refractivity contribution in [3.8, 4) is 0 Å². The maximum absolute atomic E-state index is 12.4. The number of furan rings is 1. The Morgan fingerprint density at radius 3 is 3.16 bits per heavy atom. The summed E-state index contributed by atoms with van der Waals surface area (Å²) in [6, 6.07) is 1.57. The number of amides is 1. The summed E-state index contributed by atoms with van der Waals surface area (Å²) in [5.41, 5.74) is 1.47. The zero-order valence-corrected chi connectivity index (χ0v) is 11.4. The summed E-state index contributed by atoms with van der Waals surface area (Å²) in [7, 11) is 0. The summed E-state index contributed by atoms with van der Waals surface area (Å²) in [5.74, 6) is -0.0345. The minimum absolute atomic E-state index is 0.0345. The highest BCUT2D eigenvalue weighted by Gasteiger charge is 2.31. The second-order valence-corrected chi connectivity index (χ2v) is 5.45. The molecule has 0 aliphatic carbocycles. The van der Waals surface area contributed by atoms with Crippen LogP contribution >= 0.6 is 11.3 Å². The van der Waals surface area contributed by atoms with E-state index in [9.17, 15) is 4.79 Å². The zero-order valence-electron chi connectivity index (χ0n) is 10.5. The Kier molecular flexibility index (Phi) is 3.35. The standard InChI is InChI=1S/C13H14N2O3S/c1-9-14-11(8-19-9)12-7-18-5-3-15(12)13(16)10-2-4-17-6-10/h2,4,6,8,12H,3,5,7H2,1H3/t12-/m1/s1. The van der Waals surface area contributed by atoms with Gasteiger partial charge >= 0.3 is 0 Å². The second kappa shape index (κ2) is 5.14. The summed E-state index contributed by atoms with van der Waals surface area (Å²) < 4.78 is 10.5. The number of aromatic nitrogens is 1. The fraction of sp³-hybridized carbons (Fsp3) is 0.385. The third-order valence-corrected chi connectivity index (χ3v) is 3.93. The number of carbonyl (C=O) groups is 1. The van der Waals surface area contributed by atoms with Gasteiger partial charge in [-0.15, -0.1) is 11.3 Å². The first kappa shape index (κ1) is 12.4. The van der Waals surface area contributed by atoms with Crippen molar-refractivity contribution >= 4 is 17.2 Å². The predicted molar refractivity (Wildman–Crippen MR) is 70.2 cm³/mol. The normalized spacial score (nSPS) is 19.6. The number of carbonyl (C=O) groups excluding carboxylic acids is 1. The van der Waals surface area contributed by atoms with Crippen LogP contribution in [-0.2, 0) is 4.74 Å². The van der Waals surface area contributed by atoms with Crippen molar-refractivity contribution in [2.45, 2.75) is 13.0 Å². The van der Waals surface area contributed by atoms with Crippen LogP contribution in [-0.4, -0.2) is 35.5 Å². The molecular formula is C13H14N2O3S. The van der Waals surface area contributed by atoms with Crippen LogP contribution in [0.25, 0.3) is 0 Å². The first-order valence-electron chi connectivity index (χ1n) is 6.08. The number of aryl methyl sites for hydroxylation is 1. The third kappa shape index (κ3) is 2.41. The average Bonchev–Trinajstić information content (AvgIpc) is 3.09. The van der Waals surface area contributed by atoms with E-state index in [-0.39, 0.29) is 11.9 Å². The maximum atomic E-state index is 12.4. The number of hydrogen-bond donors (Lipinski definition) is 0. The number of nitrogens with zero attached hydrogens (tertiary/aromatic N) is 2. The van der Waals surface area contributed by atoms with Crippen molar-refractivity contribution in [2.24, 2.45) is 0 Å². The molecule has 1 fully saturated rings. The molecule has 0 bridgehead atoms. The quantitative estimate of drug-likeness (QED) is 0.845. The minimum Gasteiger partial charge on any atom is -0.472 e. The number of morpholine rings is 1. The van der Waals surface area contributed by atoms with Crippen molar-refractivity contribution in [3.63, 3.8) is 0 Å². The molecule has 2 aromatic heterocycles. The van der Waals surface area contributed by atoms with E-state index in [0.29, 0.717) is 25.3 Å². The van der Waals surface area contributed by atoms with Crippen molar-refractivity contribution in [1.29, 1.82) is 0 Å². The van der Waals surface area contributed by atoms with Crippen LogP contribution in [0.2, 0.25) is 0 Å². The Morgan fingerprint density at radius 1 is 1.58 bits per heavy atom. The second-order valence-electron chi connectivity index (χ2n) is 4.39. The van der Waals surface area contributed by atoms with Crippen molar-refractivity contribution in [3.05, 3.63) is 40.2 Å². The lowest BCUT2D eigenvalue weighted by Gasteiger charge is -2.34. The third-order valence-electron chi connectivity index (χ3n) is 3.14. The van der Waals surface area contributed by atoms with Crippen LogP contribution in [0, 0.1) is 6.92 Å². The van der Waals surface area contributed by atoms with Gasteiger partial charge in [-0.2, -0.15) is 0 Å². The first-order valence-corrected chi connectivity index (χ1v) is 6.96. The Balaban J connectivity index is 1.87. The fourth-order valence-corrected chi connectivity index (χ4v) is 2.84. The zero-order chi connectivity index (χ0) is 13.2. The molecule has 3 rings (SSSR count). The molecular weight excluding hydrogens is 264 g/mol. The maximum Gasteiger partial charge on any atom is 0.257 e. The van der Waals surface area contributed by atoms with Crippen molar-refractivity contribution < 1.29 is 13.9 Å². The predicted octanol–water partition coefficient (Wildman–Crippen LogP) is 2.26. The van der Waals surface area contributed by atoms with Gasteiger partial charge in [0.25, 0.3) is 5.91 Å². The Morgan fingerprint density at radius 2 is 2.47 bits per heavy atom. The van der Waals surface area contributed by atoms with E-state index in [4.69, 9.17) is 9.15 Å². The molecule has 0 N–H and O–H groups in total. The van der Waals surface area contributed by atoms with Gasteiger partial charge in [0.15, 0.2) is 0 Å². The molecule has 3 heterocycles. The molecule has 0 aromatic carbocycles. The van der Waals surface area contributed by atoms with Gasteiger partial charge in [0.05, 0.1) is 41.8 Å². The smallest absolute Gasteiger partial charge is 0.257 e. The lowest BCUT2D eigenvalue weighted by molar-refractivity contribution is -0.00379. The van der Waals surface area contributed by atoms with E-state index in [1.54, 1.807) is 17.4 Å². The summed E-state index contributed by atoms with van der Waals surface area (Å²) in [6.45, 7) is 3.58. The summed E-state index contributed by atoms with van der Waals surface area (Å²) >= 11 is 1.59. The molecule has 1 atom stereocenters. The number of hydrogen-bond acceptors (Lipinski definition) is 5. The van der Waals surface area contributed by atoms with Crippen LogP contribution in [0.4, 0.5) is 0 Å². The topological polar surface area (TPSA) is 55.6 Å². The van der Waals surface area contributed by atoms with Crippen LogP contribution in [0.1, 0.15) is 27.1 Å². The molecule has 0 spiro atoms. The van der Waals surface area contributed by atoms with E-state index in [0.717, 1.165) is 10.7 Å². The summed E-state index contributed by atoms with van der Waals surface area (Å²) in [5, 5.41) is 2.99. The Labute approximate surface area is 114 Å². The molecule has 2 aromatic rings. The van der Waals surface area contributed by atoms with E-state index in [1.807, 2.05) is 17.2 Å². The lowest BCUT2D eigenvalue weighted by Crippen LogP contribution is -2.43. The fourth-order valence-electron chi connectivity index (χ4n) is 2.18. The Hall–Kier alpha value is -1.66. The molecule has 0 radical (unpaired) electrons. The molecule has 19 heavy (non-hydrogen) atoms. The van der Waals surface area contributed by atoms with E-state index in [2.05, 4.69) is 4.98 Å². The molecule has 1 saturated heterocycles. The van der Waals surface area contributed by atoms with Gasteiger partial charge < -0.3 is 14.1 Å². The first-order chi connectivity index (χ1) is 9.25. The number of ether oxygens (including phenoxy) is 1. The largest absolute Gasteiger partial charge is 0.472 e. The number of thiazole rings is 1. The lowest BCUT2D eigenvalue weighted by atomic mass is 10.1. The molecule has 0 saturated carbocycles. The number of rotatable bonds is 2. The minimum atomic E-state index is -0.110. The van der Waals surface area contributed by atoms with Gasteiger partial charge in [-0.05, 0) is 13.0 Å². The monoisotopic (exact) mass is 278 g/mol. The van der Waals surface area contributed by atoms with Crippen LogP contribution in [0.15, 0.2) is 28.4 Å². The molecule has 1 aliphatic rings. The Bertz CT molecular complexity index is 564. The van der Waals surface area contributed by atoms with E-state index >= 15 is 0 Å². The molecule has 6 heteroatoms. The molecule has 1 amide bonds. The van der Waals surface area contributed by atoms with Crippen molar-refractivity contribution in [2.75, 3.05) is 19.8 Å². The average molecular weight is 278 g/mol. The summed E-state index contributed by atoms with van der Waals surface area (Å²) in [6.07, 6.45) is 2.98. The van der Waals surface area contributed by atoms with E-state index in [1.165, 1.54) is 12.5 Å². The summed E-state index contributed by atoms with van der Waals surface area (Å²) in [4.78, 5) is 18.7. The molecule has 100 valence electrons.